The first-order valence-corrected chi connectivity index (χ1v) is 9.47. The van der Waals surface area contributed by atoms with E-state index >= 15 is 0 Å². The van der Waals surface area contributed by atoms with Gasteiger partial charge in [-0.1, -0.05) is 15.9 Å². The molecule has 1 N–H and O–H groups in total. The topological polar surface area (TPSA) is 64.4 Å². The quantitative estimate of drug-likeness (QED) is 0.276. The molecule has 0 saturated heterocycles. The van der Waals surface area contributed by atoms with E-state index < -0.39 is 40.5 Å². The molecule has 0 fully saturated rings. The molecule has 1 amide bonds. The summed E-state index contributed by atoms with van der Waals surface area (Å²) >= 11 is 3.33. The van der Waals surface area contributed by atoms with Gasteiger partial charge in [0.15, 0.2) is 23.0 Å². The fourth-order valence-corrected chi connectivity index (χ4v) is 3.17. The van der Waals surface area contributed by atoms with Crippen LogP contribution in [0.2, 0.25) is 0 Å². The Morgan fingerprint density at radius 3 is 2.26 bits per heavy atom. The molecule has 10 heteroatoms. The van der Waals surface area contributed by atoms with Gasteiger partial charge in [-0.25, -0.2) is 13.8 Å². The third kappa shape index (κ3) is 3.74. The molecule has 4 aromatic rings. The first-order valence-electron chi connectivity index (χ1n) is 8.68. The Hall–Kier alpha value is -3.40. The molecule has 0 radical (unpaired) electrons. The van der Waals surface area contributed by atoms with E-state index in [2.05, 4.69) is 31.0 Å². The Bertz CT molecular complexity index is 1290. The van der Waals surface area contributed by atoms with E-state index in [4.69, 9.17) is 4.42 Å². The van der Waals surface area contributed by atoms with E-state index in [9.17, 15) is 22.4 Å². The van der Waals surface area contributed by atoms with Gasteiger partial charge >= 0.3 is 0 Å². The molecular weight excluding hydrogens is 484 g/mol. The molecule has 0 aliphatic heterocycles. The summed E-state index contributed by atoms with van der Waals surface area (Å²) in [4.78, 5) is 16.7. The van der Waals surface area contributed by atoms with Gasteiger partial charge in [0.25, 0.3) is 5.91 Å². The number of nitrogens with zero attached hydrogens (tertiary/aromatic N) is 1. The minimum absolute atomic E-state index is 0.0867. The maximum Gasteiger partial charge on any atom is 0.261 e. The van der Waals surface area contributed by atoms with Crippen molar-refractivity contribution in [3.05, 3.63) is 75.8 Å². The fraction of sp³-hybridized carbons (Fsp3) is 0.0476. The Morgan fingerprint density at radius 2 is 1.65 bits per heavy atom. The van der Waals surface area contributed by atoms with Crippen LogP contribution in [0.1, 0.15) is 10.4 Å². The highest BCUT2D eigenvalue weighted by atomic mass is 79.9. The smallest absolute Gasteiger partial charge is 0.261 e. The summed E-state index contributed by atoms with van der Waals surface area (Å²) in [6.07, 6.45) is 0. The molecule has 5 nitrogen and oxygen atoms in total. The summed E-state index contributed by atoms with van der Waals surface area (Å²) in [5, 5.41) is 2.20. The summed E-state index contributed by atoms with van der Waals surface area (Å²) in [6.45, 7) is 0. The number of ether oxygens (including phenoxy) is 1. The Morgan fingerprint density at radius 1 is 1.00 bits per heavy atom. The van der Waals surface area contributed by atoms with Crippen LogP contribution < -0.4 is 10.1 Å². The molecule has 31 heavy (non-hydrogen) atoms. The van der Waals surface area contributed by atoms with Gasteiger partial charge < -0.3 is 14.5 Å². The van der Waals surface area contributed by atoms with Crippen LogP contribution in [0.25, 0.3) is 22.6 Å². The number of anilines is 1. The van der Waals surface area contributed by atoms with Gasteiger partial charge in [-0.3, -0.25) is 4.79 Å². The fourth-order valence-electron chi connectivity index (χ4n) is 2.90. The SMILES string of the molecule is COc1c(F)c(F)c(C(=O)Nc2ccc3oc(-c4ccc(Br)cc4)nc3c2)c(F)c1F. The van der Waals surface area contributed by atoms with Gasteiger partial charge in [0, 0.05) is 15.7 Å². The van der Waals surface area contributed by atoms with Gasteiger partial charge in [0.1, 0.15) is 11.1 Å². The highest BCUT2D eigenvalue weighted by molar-refractivity contribution is 9.10. The monoisotopic (exact) mass is 494 g/mol. The highest BCUT2D eigenvalue weighted by Gasteiger charge is 2.30. The lowest BCUT2D eigenvalue weighted by Crippen LogP contribution is -2.18. The van der Waals surface area contributed by atoms with E-state index in [1.54, 1.807) is 12.1 Å². The zero-order valence-corrected chi connectivity index (χ0v) is 17.2. The molecule has 0 aliphatic rings. The minimum atomic E-state index is -1.87. The lowest BCUT2D eigenvalue weighted by atomic mass is 10.1. The third-order valence-corrected chi connectivity index (χ3v) is 4.92. The van der Waals surface area contributed by atoms with Gasteiger partial charge in [-0.15, -0.1) is 0 Å². The number of carbonyl (C=O) groups excluding carboxylic acids is 1. The summed E-state index contributed by atoms with van der Waals surface area (Å²) in [5.41, 5.74) is 0.132. The summed E-state index contributed by atoms with van der Waals surface area (Å²) in [5.74, 6) is -9.67. The van der Waals surface area contributed by atoms with E-state index in [0.29, 0.717) is 22.6 Å². The van der Waals surface area contributed by atoms with Crippen molar-refractivity contribution < 1.29 is 31.5 Å². The van der Waals surface area contributed by atoms with Gasteiger partial charge in [0.05, 0.1) is 7.11 Å². The molecular formula is C21H11BrF4N2O3. The van der Waals surface area contributed by atoms with Crippen molar-refractivity contribution in [1.82, 2.24) is 4.98 Å². The molecule has 0 aliphatic carbocycles. The van der Waals surface area contributed by atoms with Crippen LogP contribution in [0, 0.1) is 23.3 Å². The van der Waals surface area contributed by atoms with Crippen LogP contribution in [0.3, 0.4) is 0 Å². The molecule has 0 unspecified atom stereocenters. The van der Waals surface area contributed by atoms with E-state index in [1.165, 1.54) is 18.2 Å². The molecule has 4 rings (SSSR count). The maximum absolute atomic E-state index is 14.2. The number of hydrogen-bond acceptors (Lipinski definition) is 4. The second-order valence-corrected chi connectivity index (χ2v) is 7.24. The van der Waals surface area contributed by atoms with Gasteiger partial charge in [0.2, 0.25) is 17.5 Å². The first kappa shape index (κ1) is 20.9. The lowest BCUT2D eigenvalue weighted by Gasteiger charge is -2.11. The van der Waals surface area contributed by atoms with Crippen molar-refractivity contribution >= 4 is 38.6 Å². The molecule has 158 valence electrons. The molecule has 0 spiro atoms. The van der Waals surface area contributed by atoms with E-state index in [0.717, 1.165) is 11.6 Å². The van der Waals surface area contributed by atoms with Crippen LogP contribution in [-0.2, 0) is 0 Å². The Labute approximate surface area is 180 Å². The molecule has 1 heterocycles. The molecule has 3 aromatic carbocycles. The highest BCUT2D eigenvalue weighted by Crippen LogP contribution is 2.31. The van der Waals surface area contributed by atoms with Gasteiger partial charge in [-0.2, -0.15) is 8.78 Å². The normalized spacial score (nSPS) is 11.0. The summed E-state index contributed by atoms with van der Waals surface area (Å²) in [6, 6.07) is 11.5. The number of methoxy groups -OCH3 is 1. The van der Waals surface area contributed by atoms with E-state index in [1.807, 2.05) is 12.1 Å². The number of oxazole rings is 1. The Kier molecular flexibility index (Phi) is 5.40. The predicted molar refractivity (Wildman–Crippen MR) is 108 cm³/mol. The predicted octanol–water partition coefficient (Wildman–Crippen LogP) is 6.07. The van der Waals surface area contributed by atoms with Crippen molar-refractivity contribution in [3.8, 4) is 17.2 Å². The second-order valence-electron chi connectivity index (χ2n) is 6.33. The molecule has 1 aromatic heterocycles. The van der Waals surface area contributed by atoms with Crippen LogP contribution in [-0.4, -0.2) is 18.0 Å². The largest absolute Gasteiger partial charge is 0.491 e. The second kappa shape index (κ2) is 8.03. The average molecular weight is 495 g/mol. The van der Waals surface area contributed by atoms with Crippen LogP contribution in [0.15, 0.2) is 51.4 Å². The van der Waals surface area contributed by atoms with Crippen molar-refractivity contribution in [2.45, 2.75) is 0 Å². The number of rotatable bonds is 4. The van der Waals surface area contributed by atoms with Gasteiger partial charge in [-0.05, 0) is 42.5 Å². The number of nitrogens with one attached hydrogen (secondary N) is 1. The van der Waals surface area contributed by atoms with Crippen LogP contribution >= 0.6 is 15.9 Å². The van der Waals surface area contributed by atoms with Crippen LogP contribution in [0.4, 0.5) is 23.2 Å². The number of aromatic nitrogens is 1. The molecule has 0 bridgehead atoms. The zero-order chi connectivity index (χ0) is 22.3. The van der Waals surface area contributed by atoms with Crippen molar-refractivity contribution in [2.24, 2.45) is 0 Å². The zero-order valence-electron chi connectivity index (χ0n) is 15.6. The number of benzene rings is 3. The minimum Gasteiger partial charge on any atom is -0.491 e. The van der Waals surface area contributed by atoms with Crippen molar-refractivity contribution in [3.63, 3.8) is 0 Å². The average Bonchev–Trinajstić information content (AvgIpc) is 3.17. The number of hydrogen-bond donors (Lipinski definition) is 1. The van der Waals surface area contributed by atoms with Crippen LogP contribution in [0.5, 0.6) is 5.75 Å². The molecule has 0 atom stereocenters. The number of amides is 1. The summed E-state index contributed by atoms with van der Waals surface area (Å²) in [7, 11) is 0.843. The standard InChI is InChI=1S/C21H11BrF4N2O3/c1-30-19-17(25)15(23)14(16(24)18(19)26)20(29)27-11-6-7-13-12(8-11)28-21(31-13)9-2-4-10(22)5-3-9/h2-8H,1H3,(H,27,29). The third-order valence-electron chi connectivity index (χ3n) is 4.39. The van der Waals surface area contributed by atoms with E-state index in [-0.39, 0.29) is 5.69 Å². The number of carbonyl (C=O) groups is 1. The van der Waals surface area contributed by atoms with Crippen molar-refractivity contribution in [1.29, 1.82) is 0 Å². The lowest BCUT2D eigenvalue weighted by molar-refractivity contribution is 0.101. The summed E-state index contributed by atoms with van der Waals surface area (Å²) < 4.78 is 66.9. The molecule has 0 saturated carbocycles. The maximum atomic E-state index is 14.2. The first-order chi connectivity index (χ1) is 14.8. The Balaban J connectivity index is 1.66. The number of halogens is 5. The van der Waals surface area contributed by atoms with Crippen molar-refractivity contribution in [2.75, 3.05) is 12.4 Å². The number of fused-ring (bicyclic) bond motifs is 1.